The van der Waals surface area contributed by atoms with Crippen LogP contribution in [-0.2, 0) is 0 Å². The summed E-state index contributed by atoms with van der Waals surface area (Å²) in [5, 5.41) is 12.8. The molecule has 0 radical (unpaired) electrons. The van der Waals surface area contributed by atoms with Gasteiger partial charge < -0.3 is 0 Å². The molecule has 3 nitrogen and oxygen atoms in total. The molecular weight excluding hydrogens is 198 g/mol. The minimum atomic E-state index is -0.432. The van der Waals surface area contributed by atoms with Crippen molar-refractivity contribution < 1.29 is 4.92 Å². The van der Waals surface area contributed by atoms with Crippen LogP contribution in [0.4, 0.5) is 0 Å². The van der Waals surface area contributed by atoms with Crippen LogP contribution in [0.3, 0.4) is 0 Å². The zero-order chi connectivity index (χ0) is 9.97. The smallest absolute Gasteiger partial charge is 0.224 e. The molecule has 1 aromatic heterocycles. The normalized spacial score (nSPS) is 26.3. The average molecular weight is 209 g/mol. The molecule has 1 aliphatic carbocycles. The van der Waals surface area contributed by atoms with Gasteiger partial charge in [-0.1, -0.05) is 18.2 Å². The zero-order valence-electron chi connectivity index (χ0n) is 7.63. The first-order chi connectivity index (χ1) is 6.79. The molecule has 0 aromatic carbocycles. The first kappa shape index (κ1) is 9.40. The predicted octanol–water partition coefficient (Wildman–Crippen LogP) is 2.83. The van der Waals surface area contributed by atoms with E-state index in [1.165, 1.54) is 0 Å². The predicted molar refractivity (Wildman–Crippen MR) is 56.2 cm³/mol. The zero-order valence-corrected chi connectivity index (χ0v) is 8.44. The lowest BCUT2D eigenvalue weighted by Gasteiger charge is -2.20. The second-order valence-electron chi connectivity index (χ2n) is 3.42. The van der Waals surface area contributed by atoms with Gasteiger partial charge in [0.05, 0.1) is 5.92 Å². The van der Waals surface area contributed by atoms with Crippen molar-refractivity contribution in [1.29, 1.82) is 0 Å². The van der Waals surface area contributed by atoms with E-state index >= 15 is 0 Å². The second-order valence-corrected chi connectivity index (χ2v) is 4.40. The molecule has 1 heterocycles. The Kier molecular flexibility index (Phi) is 2.63. The number of nitro groups is 1. The van der Waals surface area contributed by atoms with Crippen LogP contribution in [0.1, 0.15) is 23.6 Å². The first-order valence-electron chi connectivity index (χ1n) is 4.61. The van der Waals surface area contributed by atoms with Crippen molar-refractivity contribution in [1.82, 2.24) is 0 Å². The van der Waals surface area contributed by atoms with Crippen molar-refractivity contribution in [2.75, 3.05) is 0 Å². The summed E-state index contributed by atoms with van der Waals surface area (Å²) in [6.45, 7) is 0. The topological polar surface area (TPSA) is 43.1 Å². The lowest BCUT2D eigenvalue weighted by Crippen LogP contribution is -2.28. The Balaban J connectivity index is 2.24. The molecular formula is C10H11NO2S. The van der Waals surface area contributed by atoms with E-state index in [1.807, 2.05) is 29.7 Å². The molecule has 0 unspecified atom stereocenters. The van der Waals surface area contributed by atoms with Crippen LogP contribution < -0.4 is 0 Å². The fourth-order valence-electron chi connectivity index (χ4n) is 1.84. The maximum atomic E-state index is 10.8. The highest BCUT2D eigenvalue weighted by atomic mass is 32.1. The lowest BCUT2D eigenvalue weighted by atomic mass is 9.88. The van der Waals surface area contributed by atoms with Crippen molar-refractivity contribution >= 4 is 11.3 Å². The van der Waals surface area contributed by atoms with Crippen LogP contribution in [0.25, 0.3) is 0 Å². The SMILES string of the molecule is O=[N+]([O-])[C@H]1CC=CC[C@@H]1c1cccs1. The molecule has 0 saturated heterocycles. The van der Waals surface area contributed by atoms with E-state index in [0.717, 1.165) is 11.3 Å². The molecule has 4 heteroatoms. The van der Waals surface area contributed by atoms with Gasteiger partial charge >= 0.3 is 0 Å². The first-order valence-corrected chi connectivity index (χ1v) is 5.49. The molecule has 0 N–H and O–H groups in total. The van der Waals surface area contributed by atoms with E-state index in [9.17, 15) is 10.1 Å². The molecule has 0 fully saturated rings. The van der Waals surface area contributed by atoms with Crippen molar-refractivity contribution in [3.05, 3.63) is 44.7 Å². The van der Waals surface area contributed by atoms with Gasteiger partial charge in [0, 0.05) is 16.2 Å². The summed E-state index contributed by atoms with van der Waals surface area (Å²) in [5.41, 5.74) is 0. The third-order valence-electron chi connectivity index (χ3n) is 2.58. The Morgan fingerprint density at radius 2 is 2.21 bits per heavy atom. The molecule has 2 atom stereocenters. The molecule has 2 rings (SSSR count). The van der Waals surface area contributed by atoms with Gasteiger partial charge in [-0.25, -0.2) is 0 Å². The minimum absolute atomic E-state index is 0.0787. The Morgan fingerprint density at radius 1 is 1.43 bits per heavy atom. The van der Waals surface area contributed by atoms with Crippen LogP contribution in [0.2, 0.25) is 0 Å². The summed E-state index contributed by atoms with van der Waals surface area (Å²) in [4.78, 5) is 11.8. The number of nitrogens with zero attached hydrogens (tertiary/aromatic N) is 1. The van der Waals surface area contributed by atoms with Crippen molar-refractivity contribution in [3.8, 4) is 0 Å². The van der Waals surface area contributed by atoms with Crippen LogP contribution in [0, 0.1) is 10.1 Å². The quantitative estimate of drug-likeness (QED) is 0.427. The van der Waals surface area contributed by atoms with E-state index in [0.29, 0.717) is 6.42 Å². The van der Waals surface area contributed by atoms with Gasteiger partial charge in [0.1, 0.15) is 0 Å². The van der Waals surface area contributed by atoms with Gasteiger partial charge in [0.15, 0.2) is 0 Å². The second kappa shape index (κ2) is 3.92. The fraction of sp³-hybridized carbons (Fsp3) is 0.400. The third kappa shape index (κ3) is 1.70. The molecule has 0 spiro atoms. The van der Waals surface area contributed by atoms with Gasteiger partial charge in [-0.15, -0.1) is 11.3 Å². The van der Waals surface area contributed by atoms with Gasteiger partial charge in [-0.2, -0.15) is 0 Å². The van der Waals surface area contributed by atoms with Crippen LogP contribution in [0.15, 0.2) is 29.7 Å². The highest BCUT2D eigenvalue weighted by molar-refractivity contribution is 7.10. The summed E-state index contributed by atoms with van der Waals surface area (Å²) < 4.78 is 0. The van der Waals surface area contributed by atoms with Crippen molar-refractivity contribution in [3.63, 3.8) is 0 Å². The van der Waals surface area contributed by atoms with Crippen LogP contribution in [0.5, 0.6) is 0 Å². The number of hydrogen-bond donors (Lipinski definition) is 0. The third-order valence-corrected chi connectivity index (χ3v) is 3.58. The van der Waals surface area contributed by atoms with E-state index in [2.05, 4.69) is 0 Å². The number of thiophene rings is 1. The molecule has 0 bridgehead atoms. The molecule has 0 amide bonds. The molecule has 0 saturated carbocycles. The number of rotatable bonds is 2. The van der Waals surface area contributed by atoms with E-state index in [-0.39, 0.29) is 10.8 Å². The highest BCUT2D eigenvalue weighted by Crippen LogP contribution is 2.33. The molecule has 1 aromatic rings. The van der Waals surface area contributed by atoms with Gasteiger partial charge in [-0.05, 0) is 17.9 Å². The monoisotopic (exact) mass is 209 g/mol. The van der Waals surface area contributed by atoms with E-state index in [1.54, 1.807) is 11.3 Å². The van der Waals surface area contributed by atoms with Gasteiger partial charge in [-0.3, -0.25) is 10.1 Å². The Labute approximate surface area is 86.2 Å². The van der Waals surface area contributed by atoms with Crippen LogP contribution >= 0.6 is 11.3 Å². The summed E-state index contributed by atoms with van der Waals surface area (Å²) in [7, 11) is 0. The van der Waals surface area contributed by atoms with E-state index in [4.69, 9.17) is 0 Å². The van der Waals surface area contributed by atoms with Crippen molar-refractivity contribution in [2.24, 2.45) is 0 Å². The Hall–Kier alpha value is -1.16. The summed E-state index contributed by atoms with van der Waals surface area (Å²) >= 11 is 1.61. The van der Waals surface area contributed by atoms with Crippen molar-refractivity contribution in [2.45, 2.75) is 24.8 Å². The molecule has 74 valence electrons. The number of hydrogen-bond acceptors (Lipinski definition) is 3. The van der Waals surface area contributed by atoms with Gasteiger partial charge in [0.25, 0.3) is 0 Å². The maximum absolute atomic E-state index is 10.8. The van der Waals surface area contributed by atoms with E-state index < -0.39 is 6.04 Å². The molecule has 14 heavy (non-hydrogen) atoms. The largest absolute Gasteiger partial charge is 0.264 e. The highest BCUT2D eigenvalue weighted by Gasteiger charge is 2.33. The van der Waals surface area contributed by atoms with Gasteiger partial charge in [0.2, 0.25) is 6.04 Å². The summed E-state index contributed by atoms with van der Waals surface area (Å²) in [6, 6.07) is 3.51. The Bertz CT molecular complexity index is 345. The lowest BCUT2D eigenvalue weighted by molar-refractivity contribution is -0.526. The summed E-state index contributed by atoms with van der Waals surface area (Å²) in [5.74, 6) is 0.0787. The van der Waals surface area contributed by atoms with Crippen LogP contribution in [-0.4, -0.2) is 11.0 Å². The standard InChI is InChI=1S/C10H11NO2S/c12-11(13)9-5-2-1-4-8(9)10-6-3-7-14-10/h1-3,6-9H,4-5H2/t8-,9-/m0/s1. The molecule has 0 aliphatic heterocycles. The maximum Gasteiger partial charge on any atom is 0.224 e. The molecule has 1 aliphatic rings. The fourth-order valence-corrected chi connectivity index (χ4v) is 2.74. The average Bonchev–Trinajstić information content (AvgIpc) is 2.70. The Morgan fingerprint density at radius 3 is 2.86 bits per heavy atom. The minimum Gasteiger partial charge on any atom is -0.264 e. The number of allylic oxidation sites excluding steroid dienone is 1. The summed E-state index contributed by atoms with van der Waals surface area (Å²) in [6.07, 6.45) is 5.32.